The molecule has 2 aromatic carbocycles. The van der Waals surface area contributed by atoms with E-state index in [9.17, 15) is 9.59 Å². The summed E-state index contributed by atoms with van der Waals surface area (Å²) in [5.74, 6) is -0.448. The van der Waals surface area contributed by atoms with Gasteiger partial charge in [-0.2, -0.15) is 5.10 Å². The molecule has 0 saturated carbocycles. The van der Waals surface area contributed by atoms with Gasteiger partial charge in [0.1, 0.15) is 11.9 Å². The van der Waals surface area contributed by atoms with E-state index < -0.39 is 5.97 Å². The quantitative estimate of drug-likeness (QED) is 0.389. The van der Waals surface area contributed by atoms with Crippen LogP contribution in [0.1, 0.15) is 73.4 Å². The highest BCUT2D eigenvalue weighted by Gasteiger charge is 2.15. The zero-order valence-electron chi connectivity index (χ0n) is 20.1. The Labute approximate surface area is 200 Å². The molecule has 1 aromatic heterocycles. The number of benzene rings is 2. The second-order valence-electron chi connectivity index (χ2n) is 8.16. The van der Waals surface area contributed by atoms with E-state index in [0.717, 1.165) is 48.4 Å². The van der Waals surface area contributed by atoms with E-state index in [-0.39, 0.29) is 25.0 Å². The number of aliphatic carboxylic acids is 1. The minimum atomic E-state index is -0.940. The lowest BCUT2D eigenvalue weighted by Gasteiger charge is -2.20. The van der Waals surface area contributed by atoms with E-state index in [4.69, 9.17) is 14.9 Å². The van der Waals surface area contributed by atoms with Crippen LogP contribution < -0.4 is 10.1 Å². The summed E-state index contributed by atoms with van der Waals surface area (Å²) in [7, 11) is 0. The standard InChI is InChI=1S/C27H33N3O4/c1-4-7-25(19-8-10-20(11-9-19)27(33)28-17-16-26(31)32)34-24-14-12-23(13-15-24)30-22(6-3)18-21(5-2)29-30/h8-15,18,25H,4-7,16-17H2,1-3H3,(H,28,33)(H,31,32). The van der Waals surface area contributed by atoms with Crippen LogP contribution in [0.2, 0.25) is 0 Å². The largest absolute Gasteiger partial charge is 0.486 e. The molecule has 7 heteroatoms. The van der Waals surface area contributed by atoms with Crippen molar-refractivity contribution in [1.82, 2.24) is 15.1 Å². The third kappa shape index (κ3) is 6.47. The Morgan fingerprint density at radius 3 is 2.32 bits per heavy atom. The highest BCUT2D eigenvalue weighted by Crippen LogP contribution is 2.27. The molecule has 0 aliphatic heterocycles. The Morgan fingerprint density at radius 1 is 1.03 bits per heavy atom. The molecule has 2 N–H and O–H groups in total. The molecular weight excluding hydrogens is 430 g/mol. The summed E-state index contributed by atoms with van der Waals surface area (Å²) in [6, 6.07) is 17.4. The Balaban J connectivity index is 1.69. The van der Waals surface area contributed by atoms with Crippen LogP contribution in [0.3, 0.4) is 0 Å². The maximum absolute atomic E-state index is 12.2. The fourth-order valence-corrected chi connectivity index (χ4v) is 3.74. The molecule has 1 unspecified atom stereocenters. The van der Waals surface area contributed by atoms with Gasteiger partial charge in [0.15, 0.2) is 0 Å². The number of aromatic nitrogens is 2. The lowest BCUT2D eigenvalue weighted by Crippen LogP contribution is -2.26. The molecule has 7 nitrogen and oxygen atoms in total. The highest BCUT2D eigenvalue weighted by molar-refractivity contribution is 5.94. The molecule has 0 aliphatic rings. The molecule has 180 valence electrons. The van der Waals surface area contributed by atoms with E-state index >= 15 is 0 Å². The molecule has 3 aromatic rings. The van der Waals surface area contributed by atoms with E-state index in [2.05, 4.69) is 32.2 Å². The van der Waals surface area contributed by atoms with Gasteiger partial charge in [-0.25, -0.2) is 4.68 Å². The van der Waals surface area contributed by atoms with Crippen LogP contribution in [0.4, 0.5) is 0 Å². The number of carboxylic acid groups (broad SMARTS) is 1. The van der Waals surface area contributed by atoms with Gasteiger partial charge in [0.25, 0.3) is 5.91 Å². The number of carbonyl (C=O) groups excluding carboxylic acids is 1. The van der Waals surface area contributed by atoms with Crippen molar-refractivity contribution in [2.45, 2.75) is 59.0 Å². The van der Waals surface area contributed by atoms with Crippen molar-refractivity contribution in [2.24, 2.45) is 0 Å². The Morgan fingerprint density at radius 2 is 1.74 bits per heavy atom. The van der Waals surface area contributed by atoms with Crippen LogP contribution in [0, 0.1) is 0 Å². The zero-order chi connectivity index (χ0) is 24.5. The molecular formula is C27H33N3O4. The fourth-order valence-electron chi connectivity index (χ4n) is 3.74. The van der Waals surface area contributed by atoms with Crippen LogP contribution in [-0.4, -0.2) is 33.3 Å². The van der Waals surface area contributed by atoms with Crippen molar-refractivity contribution in [3.63, 3.8) is 0 Å². The minimum absolute atomic E-state index is 0.102. The number of hydrogen-bond acceptors (Lipinski definition) is 4. The number of rotatable bonds is 12. The smallest absolute Gasteiger partial charge is 0.305 e. The van der Waals surface area contributed by atoms with Crippen molar-refractivity contribution in [1.29, 1.82) is 0 Å². The number of hydrogen-bond donors (Lipinski definition) is 2. The fraction of sp³-hybridized carbons (Fsp3) is 0.370. The summed E-state index contributed by atoms with van der Waals surface area (Å²) in [6.07, 6.45) is 3.37. The number of aryl methyl sites for hydroxylation is 2. The molecule has 0 fully saturated rings. The van der Waals surface area contributed by atoms with Crippen molar-refractivity contribution < 1.29 is 19.4 Å². The maximum atomic E-state index is 12.2. The van der Waals surface area contributed by atoms with E-state index in [1.54, 1.807) is 12.1 Å². The lowest BCUT2D eigenvalue weighted by molar-refractivity contribution is -0.136. The second kappa shape index (κ2) is 12.0. The van der Waals surface area contributed by atoms with E-state index in [0.29, 0.717) is 5.56 Å². The molecule has 0 bridgehead atoms. The van der Waals surface area contributed by atoms with Gasteiger partial charge in [0.05, 0.1) is 17.8 Å². The Bertz CT molecular complexity index is 1090. The molecule has 1 atom stereocenters. The molecule has 0 radical (unpaired) electrons. The average Bonchev–Trinajstić information content (AvgIpc) is 3.28. The first kappa shape index (κ1) is 25.0. The van der Waals surface area contributed by atoms with Crippen LogP contribution >= 0.6 is 0 Å². The van der Waals surface area contributed by atoms with Gasteiger partial charge in [0, 0.05) is 17.8 Å². The van der Waals surface area contributed by atoms with Gasteiger partial charge in [-0.05, 0) is 67.3 Å². The molecule has 0 aliphatic carbocycles. The van der Waals surface area contributed by atoms with Crippen molar-refractivity contribution in [3.8, 4) is 11.4 Å². The SMILES string of the molecule is CCCC(Oc1ccc(-n2nc(CC)cc2CC)cc1)c1ccc(C(=O)NCCC(=O)O)cc1. The van der Waals surface area contributed by atoms with E-state index in [1.165, 1.54) is 5.69 Å². The first-order valence-electron chi connectivity index (χ1n) is 11.9. The zero-order valence-corrected chi connectivity index (χ0v) is 20.1. The minimum Gasteiger partial charge on any atom is -0.486 e. The number of carbonyl (C=O) groups is 2. The van der Waals surface area contributed by atoms with Crippen molar-refractivity contribution >= 4 is 11.9 Å². The van der Waals surface area contributed by atoms with Gasteiger partial charge < -0.3 is 15.2 Å². The summed E-state index contributed by atoms with van der Waals surface area (Å²) in [6.45, 7) is 6.45. The summed E-state index contributed by atoms with van der Waals surface area (Å²) in [5.41, 5.74) is 4.75. The lowest BCUT2D eigenvalue weighted by atomic mass is 10.0. The Hall–Kier alpha value is -3.61. The summed E-state index contributed by atoms with van der Waals surface area (Å²) >= 11 is 0. The van der Waals surface area contributed by atoms with Crippen LogP contribution in [-0.2, 0) is 17.6 Å². The topological polar surface area (TPSA) is 93.5 Å². The highest BCUT2D eigenvalue weighted by atomic mass is 16.5. The number of nitrogens with zero attached hydrogens (tertiary/aromatic N) is 2. The molecule has 1 amide bonds. The maximum Gasteiger partial charge on any atom is 0.305 e. The molecule has 1 heterocycles. The van der Waals surface area contributed by atoms with E-state index in [1.807, 2.05) is 41.1 Å². The third-order valence-electron chi connectivity index (χ3n) is 5.64. The summed E-state index contributed by atoms with van der Waals surface area (Å²) < 4.78 is 8.30. The molecule has 0 spiro atoms. The normalized spacial score (nSPS) is 11.7. The van der Waals surface area contributed by atoms with Crippen LogP contribution in [0.25, 0.3) is 5.69 Å². The van der Waals surface area contributed by atoms with Gasteiger partial charge in [0.2, 0.25) is 0 Å². The third-order valence-corrected chi connectivity index (χ3v) is 5.64. The van der Waals surface area contributed by atoms with Gasteiger partial charge in [-0.15, -0.1) is 0 Å². The number of ether oxygens (including phenoxy) is 1. The van der Waals surface area contributed by atoms with Gasteiger partial charge >= 0.3 is 5.97 Å². The number of nitrogens with one attached hydrogen (secondary N) is 1. The summed E-state index contributed by atoms with van der Waals surface area (Å²) in [5, 5.41) is 16.0. The summed E-state index contributed by atoms with van der Waals surface area (Å²) in [4.78, 5) is 22.8. The molecule has 3 rings (SSSR count). The molecule has 0 saturated heterocycles. The van der Waals surface area contributed by atoms with Crippen molar-refractivity contribution in [3.05, 3.63) is 77.1 Å². The van der Waals surface area contributed by atoms with Crippen LogP contribution in [0.5, 0.6) is 5.75 Å². The van der Waals surface area contributed by atoms with Crippen LogP contribution in [0.15, 0.2) is 54.6 Å². The monoisotopic (exact) mass is 463 g/mol. The van der Waals surface area contributed by atoms with Crippen molar-refractivity contribution in [2.75, 3.05) is 6.54 Å². The molecule has 34 heavy (non-hydrogen) atoms. The first-order valence-corrected chi connectivity index (χ1v) is 11.9. The number of carboxylic acids is 1. The van der Waals surface area contributed by atoms with Gasteiger partial charge in [-0.3, -0.25) is 9.59 Å². The Kier molecular flexibility index (Phi) is 8.85. The van der Waals surface area contributed by atoms with Gasteiger partial charge in [-0.1, -0.05) is 39.3 Å². The second-order valence-corrected chi connectivity index (χ2v) is 8.16. The average molecular weight is 464 g/mol. The first-order chi connectivity index (χ1) is 16.4. The predicted octanol–water partition coefficient (Wildman–Crippen LogP) is 5.12. The number of amides is 1. The predicted molar refractivity (Wildman–Crippen MR) is 132 cm³/mol.